The average Bonchev–Trinajstić information content (AvgIpc) is 2.78. The van der Waals surface area contributed by atoms with Gasteiger partial charge in [-0.1, -0.05) is 31.9 Å². The molecule has 2 bridgehead atoms. The number of ether oxygens (including phenoxy) is 2. The average molecular weight is 334 g/mol. The van der Waals surface area contributed by atoms with Gasteiger partial charge in [-0.25, -0.2) is 0 Å². The number of rotatable bonds is 0. The van der Waals surface area contributed by atoms with Crippen molar-refractivity contribution in [3.63, 3.8) is 0 Å². The van der Waals surface area contributed by atoms with E-state index in [0.29, 0.717) is 10.2 Å². The topological polar surface area (TPSA) is 18.5 Å². The van der Waals surface area contributed by atoms with Gasteiger partial charge in [-0.3, -0.25) is 0 Å². The van der Waals surface area contributed by atoms with Gasteiger partial charge < -0.3 is 9.47 Å². The highest BCUT2D eigenvalue weighted by atomic mass is 79.9. The molecule has 1 aliphatic heterocycles. The summed E-state index contributed by atoms with van der Waals surface area (Å²) < 4.78 is 12.9. The van der Waals surface area contributed by atoms with E-state index >= 15 is 0 Å². The normalized spacial score (nSPS) is 82.0. The van der Waals surface area contributed by atoms with E-state index in [-0.39, 0.29) is 10.1 Å². The van der Waals surface area contributed by atoms with Crippen LogP contribution in [-0.2, 0) is 9.47 Å². The summed E-state index contributed by atoms with van der Waals surface area (Å²) in [4.78, 5) is 0. The van der Waals surface area contributed by atoms with Crippen LogP contribution in [0.3, 0.4) is 0 Å². The number of hydrogen-bond donors (Lipinski definition) is 0. The third-order valence-corrected chi connectivity index (χ3v) is 9.71. The first kappa shape index (κ1) is 8.06. The second-order valence-electron chi connectivity index (χ2n) is 6.11. The Bertz CT molecular complexity index is 410. The summed E-state index contributed by atoms with van der Waals surface area (Å²) in [7, 11) is 0. The highest BCUT2D eigenvalue weighted by Crippen LogP contribution is 3.03. The van der Waals surface area contributed by atoms with Crippen molar-refractivity contribution in [2.45, 2.75) is 14.4 Å². The van der Waals surface area contributed by atoms with E-state index in [2.05, 4.69) is 31.9 Å². The van der Waals surface area contributed by atoms with Crippen LogP contribution < -0.4 is 0 Å². The number of hydrogen-bond acceptors (Lipinski definition) is 2. The van der Waals surface area contributed by atoms with Gasteiger partial charge in [0.2, 0.25) is 0 Å². The lowest BCUT2D eigenvalue weighted by Crippen LogP contribution is -2.93. The fourth-order valence-corrected chi connectivity index (χ4v) is 9.83. The maximum absolute atomic E-state index is 6.06. The summed E-state index contributed by atoms with van der Waals surface area (Å²) in [6, 6.07) is 0. The number of alkyl halides is 2. The molecule has 0 aromatic carbocycles. The third kappa shape index (κ3) is 0.397. The van der Waals surface area contributed by atoms with Crippen LogP contribution in [0.1, 0.15) is 0 Å². The van der Waals surface area contributed by atoms with Crippen molar-refractivity contribution in [2.24, 2.45) is 35.5 Å². The van der Waals surface area contributed by atoms with Gasteiger partial charge in [0.15, 0.2) is 5.79 Å². The Balaban J connectivity index is 1.65. The first-order valence-corrected chi connectivity index (χ1v) is 7.43. The summed E-state index contributed by atoms with van der Waals surface area (Å²) in [5.74, 6) is 4.78. The van der Waals surface area contributed by atoms with Gasteiger partial charge in [0.1, 0.15) is 0 Å². The van der Waals surface area contributed by atoms with Crippen LogP contribution in [0.4, 0.5) is 0 Å². The summed E-state index contributed by atoms with van der Waals surface area (Å²) >= 11 is 8.02. The van der Waals surface area contributed by atoms with E-state index in [9.17, 15) is 0 Å². The molecule has 7 rings (SSSR count). The molecule has 15 heavy (non-hydrogen) atoms. The summed E-state index contributed by atoms with van der Waals surface area (Å²) in [5.41, 5.74) is 0. The summed E-state index contributed by atoms with van der Waals surface area (Å²) in [6.45, 7) is 1.59. The molecule has 7 aliphatic rings. The first-order valence-electron chi connectivity index (χ1n) is 5.85. The smallest absolute Gasteiger partial charge is 0.187 e. The zero-order valence-corrected chi connectivity index (χ0v) is 11.1. The minimum Gasteiger partial charge on any atom is -0.346 e. The Morgan fingerprint density at radius 3 is 1.87 bits per heavy atom. The molecular weight excluding hydrogens is 324 g/mol. The van der Waals surface area contributed by atoms with E-state index in [1.165, 1.54) is 0 Å². The van der Waals surface area contributed by atoms with Crippen molar-refractivity contribution in [3.05, 3.63) is 0 Å². The molecule has 1 saturated heterocycles. The lowest BCUT2D eigenvalue weighted by Gasteiger charge is -2.89. The van der Waals surface area contributed by atoms with Crippen molar-refractivity contribution in [3.8, 4) is 0 Å². The van der Waals surface area contributed by atoms with Gasteiger partial charge in [0, 0.05) is 10.2 Å². The van der Waals surface area contributed by atoms with Gasteiger partial charge in [-0.2, -0.15) is 0 Å². The fourth-order valence-electron chi connectivity index (χ4n) is 6.49. The SMILES string of the molecule is BrC12C3[C@@H]4[C@H]1C1[C@H]2[C@@H]3C4(Br)C12OCCO2. The summed E-state index contributed by atoms with van der Waals surface area (Å²) in [6.07, 6.45) is 0. The van der Waals surface area contributed by atoms with Gasteiger partial charge in [0.05, 0.1) is 17.5 Å². The van der Waals surface area contributed by atoms with E-state index in [0.717, 1.165) is 42.8 Å². The second kappa shape index (κ2) is 1.72. The van der Waals surface area contributed by atoms with E-state index in [1.54, 1.807) is 0 Å². The first-order chi connectivity index (χ1) is 7.19. The molecule has 80 valence electrons. The second-order valence-corrected chi connectivity index (χ2v) is 8.80. The van der Waals surface area contributed by atoms with Gasteiger partial charge in [-0.05, 0) is 29.6 Å². The van der Waals surface area contributed by atoms with E-state index < -0.39 is 0 Å². The minimum atomic E-state index is -0.220. The lowest BCUT2D eigenvalue weighted by atomic mass is 9.20. The quantitative estimate of drug-likeness (QED) is 0.629. The maximum Gasteiger partial charge on any atom is 0.187 e. The molecule has 7 fully saturated rings. The van der Waals surface area contributed by atoms with E-state index in [4.69, 9.17) is 9.47 Å². The van der Waals surface area contributed by atoms with Crippen LogP contribution >= 0.6 is 31.9 Å². The predicted octanol–water partition coefficient (Wildman–Crippen LogP) is 1.76. The van der Waals surface area contributed by atoms with Crippen LogP contribution in [0.25, 0.3) is 0 Å². The minimum absolute atomic E-state index is 0.205. The molecule has 0 aromatic rings. The van der Waals surface area contributed by atoms with Gasteiger partial charge in [0.25, 0.3) is 0 Å². The van der Waals surface area contributed by atoms with Gasteiger partial charge in [-0.15, -0.1) is 0 Å². The summed E-state index contributed by atoms with van der Waals surface area (Å²) in [5, 5.41) is 0. The lowest BCUT2D eigenvalue weighted by molar-refractivity contribution is -0.337. The molecular formula is C11H10Br2O2. The maximum atomic E-state index is 6.06. The van der Waals surface area contributed by atoms with Crippen molar-refractivity contribution in [2.75, 3.05) is 13.2 Å². The molecule has 0 amide bonds. The van der Waals surface area contributed by atoms with Crippen molar-refractivity contribution in [1.29, 1.82) is 0 Å². The highest BCUT2D eigenvalue weighted by Gasteiger charge is 3.08. The Morgan fingerprint density at radius 2 is 1.33 bits per heavy atom. The van der Waals surface area contributed by atoms with Crippen molar-refractivity contribution < 1.29 is 9.47 Å². The monoisotopic (exact) mass is 332 g/mol. The van der Waals surface area contributed by atoms with Crippen molar-refractivity contribution >= 4 is 31.9 Å². The van der Waals surface area contributed by atoms with Crippen LogP contribution in [-0.4, -0.2) is 27.6 Å². The molecule has 0 radical (unpaired) electrons. The Kier molecular flexibility index (Phi) is 0.922. The van der Waals surface area contributed by atoms with E-state index in [1.807, 2.05) is 0 Å². The van der Waals surface area contributed by atoms with Crippen molar-refractivity contribution in [1.82, 2.24) is 0 Å². The zero-order valence-electron chi connectivity index (χ0n) is 7.95. The Morgan fingerprint density at radius 1 is 0.800 bits per heavy atom. The van der Waals surface area contributed by atoms with Crippen LogP contribution in [0.5, 0.6) is 0 Å². The largest absolute Gasteiger partial charge is 0.346 e. The molecule has 0 N–H and O–H groups in total. The molecule has 6 saturated carbocycles. The molecule has 1 spiro atoms. The third-order valence-electron chi connectivity index (χ3n) is 6.51. The molecule has 4 unspecified atom stereocenters. The zero-order chi connectivity index (χ0) is 9.79. The highest BCUT2D eigenvalue weighted by molar-refractivity contribution is 9.10. The van der Waals surface area contributed by atoms with Crippen LogP contribution in [0.15, 0.2) is 0 Å². The van der Waals surface area contributed by atoms with Crippen LogP contribution in [0.2, 0.25) is 0 Å². The molecule has 4 heteroatoms. The molecule has 2 nitrogen and oxygen atoms in total. The Labute approximate surface area is 104 Å². The standard InChI is InChI=1S/C11H10Br2O2/c12-9-3-6-4(9)8-5(9)7(3)10(6,13)11(8)14-1-2-15-11/h3-8H,1-2H2/t3?,4-,5+,6-,7-,8?,9?,10?/m1/s1. The number of halogens is 2. The molecule has 8 atom stereocenters. The van der Waals surface area contributed by atoms with Gasteiger partial charge >= 0.3 is 0 Å². The Hall–Kier alpha value is 0.880. The molecule has 0 aromatic heterocycles. The molecule has 6 aliphatic carbocycles. The van der Waals surface area contributed by atoms with Crippen LogP contribution in [0, 0.1) is 35.5 Å². The molecule has 1 heterocycles. The predicted molar refractivity (Wildman–Crippen MR) is 58.9 cm³/mol. The fraction of sp³-hybridized carbons (Fsp3) is 1.00.